The molecule has 0 N–H and O–H groups in total. The third-order valence-electron chi connectivity index (χ3n) is 5.80. The van der Waals surface area contributed by atoms with Crippen LogP contribution in [0, 0.1) is 0 Å². The Morgan fingerprint density at radius 1 is 0.840 bits per heavy atom. The second-order valence-electron chi connectivity index (χ2n) is 7.92. The van der Waals surface area contributed by atoms with Crippen molar-refractivity contribution in [3.05, 3.63) is 71.4 Å². The Balaban J connectivity index is 1.97. The highest BCUT2D eigenvalue weighted by Crippen LogP contribution is 2.58. The molecule has 0 fully saturated rings. The van der Waals surface area contributed by atoms with Crippen LogP contribution < -0.4 is 4.90 Å². The predicted molar refractivity (Wildman–Crippen MR) is 98.8 cm³/mol. The van der Waals surface area contributed by atoms with Crippen LogP contribution in [-0.4, -0.2) is 15.0 Å². The number of anilines is 3. The lowest BCUT2D eigenvalue weighted by Gasteiger charge is -2.47. The molecule has 25 heavy (non-hydrogen) atoms. The Morgan fingerprint density at radius 2 is 1.56 bits per heavy atom. The van der Waals surface area contributed by atoms with Crippen LogP contribution in [0.15, 0.2) is 49.1 Å². The lowest BCUT2D eigenvalue weighted by atomic mass is 9.68. The van der Waals surface area contributed by atoms with Gasteiger partial charge in [0.15, 0.2) is 0 Å². The smallest absolute Gasteiger partial charge is 0.141 e. The zero-order valence-electron chi connectivity index (χ0n) is 14.9. The van der Waals surface area contributed by atoms with Crippen molar-refractivity contribution in [1.82, 2.24) is 15.0 Å². The fourth-order valence-electron chi connectivity index (χ4n) is 4.44. The molecule has 2 aliphatic heterocycles. The Labute approximate surface area is 147 Å². The van der Waals surface area contributed by atoms with Crippen molar-refractivity contribution >= 4 is 17.2 Å². The Hall–Kier alpha value is -2.75. The minimum atomic E-state index is -0.178. The number of para-hydroxylation sites is 1. The van der Waals surface area contributed by atoms with Gasteiger partial charge in [-0.3, -0.25) is 4.90 Å². The van der Waals surface area contributed by atoms with E-state index in [0.717, 1.165) is 17.2 Å². The number of hydrogen-bond donors (Lipinski definition) is 0. The average molecular weight is 328 g/mol. The minimum absolute atomic E-state index is 0.103. The Morgan fingerprint density at radius 3 is 2.36 bits per heavy atom. The largest absolute Gasteiger partial charge is 0.291 e. The van der Waals surface area contributed by atoms with Gasteiger partial charge in [-0.1, -0.05) is 38.1 Å². The molecule has 124 valence electrons. The van der Waals surface area contributed by atoms with Gasteiger partial charge in [0.05, 0.1) is 23.3 Å². The van der Waals surface area contributed by atoms with Crippen LogP contribution in [0.5, 0.6) is 0 Å². The number of nitrogens with zero attached hydrogens (tertiary/aromatic N) is 4. The van der Waals surface area contributed by atoms with Gasteiger partial charge in [0.2, 0.25) is 0 Å². The average Bonchev–Trinajstić information content (AvgIpc) is 2.61. The molecule has 1 aromatic carbocycles. The van der Waals surface area contributed by atoms with E-state index in [9.17, 15) is 0 Å². The summed E-state index contributed by atoms with van der Waals surface area (Å²) in [4.78, 5) is 16.0. The lowest BCUT2D eigenvalue weighted by Crippen LogP contribution is -2.39. The van der Waals surface area contributed by atoms with Gasteiger partial charge in [0.25, 0.3) is 0 Å². The van der Waals surface area contributed by atoms with E-state index in [1.807, 2.05) is 18.5 Å². The van der Waals surface area contributed by atoms with E-state index in [4.69, 9.17) is 4.98 Å². The molecular formula is C21H20N4. The van der Waals surface area contributed by atoms with E-state index in [1.165, 1.54) is 22.4 Å². The van der Waals surface area contributed by atoms with Gasteiger partial charge in [0.1, 0.15) is 12.1 Å². The zero-order valence-corrected chi connectivity index (χ0v) is 14.9. The standard InChI is InChI=1S/C21H20N4/c1-20(2)13-7-5-8-14-17(13)25(19-15(20)9-6-10-23-19)16-11-22-12-24-18(16)21(14,3)4/h5-12H,1-4H3. The summed E-state index contributed by atoms with van der Waals surface area (Å²) in [5, 5.41) is 0. The van der Waals surface area contributed by atoms with E-state index in [2.05, 4.69) is 66.8 Å². The lowest BCUT2D eigenvalue weighted by molar-refractivity contribution is 0.579. The van der Waals surface area contributed by atoms with Crippen molar-refractivity contribution in [2.75, 3.05) is 4.90 Å². The quantitative estimate of drug-likeness (QED) is 0.604. The molecule has 2 aromatic heterocycles. The van der Waals surface area contributed by atoms with Gasteiger partial charge in [0, 0.05) is 22.6 Å². The summed E-state index contributed by atoms with van der Waals surface area (Å²) in [6, 6.07) is 10.8. The Bertz CT molecular complexity index is 942. The van der Waals surface area contributed by atoms with Crippen LogP contribution in [0.3, 0.4) is 0 Å². The first-order valence-electron chi connectivity index (χ1n) is 8.64. The van der Waals surface area contributed by atoms with E-state index in [0.29, 0.717) is 0 Å². The van der Waals surface area contributed by atoms with E-state index in [-0.39, 0.29) is 10.8 Å². The molecule has 0 bridgehead atoms. The molecule has 0 amide bonds. The molecule has 0 aliphatic carbocycles. The molecule has 4 nitrogen and oxygen atoms in total. The highest BCUT2D eigenvalue weighted by molar-refractivity contribution is 5.90. The summed E-state index contributed by atoms with van der Waals surface area (Å²) in [6.07, 6.45) is 5.43. The summed E-state index contributed by atoms with van der Waals surface area (Å²) in [5.41, 5.74) is 6.89. The van der Waals surface area contributed by atoms with Crippen LogP contribution in [0.1, 0.15) is 50.1 Å². The summed E-state index contributed by atoms with van der Waals surface area (Å²) >= 11 is 0. The second kappa shape index (κ2) is 4.45. The molecule has 4 heterocycles. The number of pyridine rings is 1. The number of aromatic nitrogens is 3. The highest BCUT2D eigenvalue weighted by atomic mass is 15.2. The zero-order chi connectivity index (χ0) is 17.4. The van der Waals surface area contributed by atoms with Crippen LogP contribution in [0.2, 0.25) is 0 Å². The maximum absolute atomic E-state index is 4.76. The SMILES string of the molecule is CC1(C)c2cccnc2N2c3cncnc3C(C)(C)c3cccc1c32. The third-order valence-corrected chi connectivity index (χ3v) is 5.80. The summed E-state index contributed by atoms with van der Waals surface area (Å²) in [5.74, 6) is 0.985. The molecule has 0 unspecified atom stereocenters. The van der Waals surface area contributed by atoms with Gasteiger partial charge in [-0.25, -0.2) is 15.0 Å². The second-order valence-corrected chi connectivity index (χ2v) is 7.92. The fourth-order valence-corrected chi connectivity index (χ4v) is 4.44. The summed E-state index contributed by atoms with van der Waals surface area (Å²) in [6.45, 7) is 9.05. The Kier molecular flexibility index (Phi) is 2.60. The third kappa shape index (κ3) is 1.64. The molecule has 0 saturated carbocycles. The van der Waals surface area contributed by atoms with Crippen molar-refractivity contribution in [1.29, 1.82) is 0 Å². The van der Waals surface area contributed by atoms with Gasteiger partial charge >= 0.3 is 0 Å². The molecule has 0 radical (unpaired) electrons. The van der Waals surface area contributed by atoms with Crippen molar-refractivity contribution < 1.29 is 0 Å². The van der Waals surface area contributed by atoms with Crippen LogP contribution in [-0.2, 0) is 10.8 Å². The number of benzene rings is 1. The van der Waals surface area contributed by atoms with E-state index in [1.54, 1.807) is 6.33 Å². The van der Waals surface area contributed by atoms with Gasteiger partial charge in [-0.15, -0.1) is 0 Å². The van der Waals surface area contributed by atoms with Crippen molar-refractivity contribution in [3.8, 4) is 0 Å². The topological polar surface area (TPSA) is 41.9 Å². The van der Waals surface area contributed by atoms with E-state index < -0.39 is 0 Å². The first kappa shape index (κ1) is 14.6. The molecule has 3 aromatic rings. The minimum Gasteiger partial charge on any atom is -0.291 e. The number of fused-ring (bicyclic) bond motifs is 4. The molecule has 0 saturated heterocycles. The van der Waals surface area contributed by atoms with Crippen molar-refractivity contribution in [3.63, 3.8) is 0 Å². The molecule has 0 atom stereocenters. The molecular weight excluding hydrogens is 308 g/mol. The van der Waals surface area contributed by atoms with Crippen LogP contribution in [0.25, 0.3) is 0 Å². The molecule has 0 spiro atoms. The monoisotopic (exact) mass is 328 g/mol. The first-order valence-corrected chi connectivity index (χ1v) is 8.64. The van der Waals surface area contributed by atoms with Crippen LogP contribution in [0.4, 0.5) is 17.2 Å². The fraction of sp³-hybridized carbons (Fsp3) is 0.286. The summed E-state index contributed by atoms with van der Waals surface area (Å²) < 4.78 is 0. The van der Waals surface area contributed by atoms with Crippen molar-refractivity contribution in [2.24, 2.45) is 0 Å². The number of hydrogen-bond acceptors (Lipinski definition) is 4. The van der Waals surface area contributed by atoms with Gasteiger partial charge < -0.3 is 0 Å². The van der Waals surface area contributed by atoms with Crippen LogP contribution >= 0.6 is 0 Å². The molecule has 2 aliphatic rings. The van der Waals surface area contributed by atoms with Gasteiger partial charge in [-0.05, 0) is 31.0 Å². The normalized spacial score (nSPS) is 18.2. The first-order chi connectivity index (χ1) is 11.9. The number of rotatable bonds is 0. The van der Waals surface area contributed by atoms with Gasteiger partial charge in [-0.2, -0.15) is 0 Å². The maximum atomic E-state index is 4.76. The van der Waals surface area contributed by atoms with Crippen molar-refractivity contribution in [2.45, 2.75) is 38.5 Å². The summed E-state index contributed by atoms with van der Waals surface area (Å²) in [7, 11) is 0. The molecule has 4 heteroatoms. The maximum Gasteiger partial charge on any atom is 0.141 e. The molecule has 5 rings (SSSR count). The predicted octanol–water partition coefficient (Wildman–Crippen LogP) is 4.62. The highest BCUT2D eigenvalue weighted by Gasteiger charge is 2.46. The van der Waals surface area contributed by atoms with E-state index >= 15 is 0 Å².